The maximum Gasteiger partial charge on any atom is 0.137 e. The van der Waals surface area contributed by atoms with Crippen molar-refractivity contribution in [3.8, 4) is 11.8 Å². The first-order chi connectivity index (χ1) is 14.6. The van der Waals surface area contributed by atoms with E-state index in [1.807, 2.05) is 32.0 Å². The summed E-state index contributed by atoms with van der Waals surface area (Å²) in [5.74, 6) is 1.31. The summed E-state index contributed by atoms with van der Waals surface area (Å²) in [6.45, 7) is 10.6. The zero-order chi connectivity index (χ0) is 21.5. The van der Waals surface area contributed by atoms with Crippen LogP contribution in [0.2, 0.25) is 0 Å². The Labute approximate surface area is 183 Å². The first-order valence-corrected chi connectivity index (χ1v) is 11.3. The van der Waals surface area contributed by atoms with E-state index in [9.17, 15) is 5.26 Å². The standard InChI is InChI=1S/C24H28N4OS/c1-5-27-22-11-10-19-20(22)7-6-8-21(19)24(28-26-4)30-15-17-9-12-23(29-16(2)3)18(13-17)14-25/h6-9,12-13,16,22,27H,4-5,10-11,15H2,1-3H3/b28-24-. The van der Waals surface area contributed by atoms with Crippen molar-refractivity contribution in [3.05, 3.63) is 64.2 Å². The van der Waals surface area contributed by atoms with Crippen LogP contribution in [0.25, 0.3) is 0 Å². The maximum atomic E-state index is 9.48. The monoisotopic (exact) mass is 420 g/mol. The van der Waals surface area contributed by atoms with E-state index >= 15 is 0 Å². The van der Waals surface area contributed by atoms with Gasteiger partial charge in [-0.2, -0.15) is 10.4 Å². The average molecular weight is 421 g/mol. The van der Waals surface area contributed by atoms with Crippen molar-refractivity contribution in [1.29, 1.82) is 5.26 Å². The van der Waals surface area contributed by atoms with Gasteiger partial charge in [-0.15, -0.1) is 5.10 Å². The highest BCUT2D eigenvalue weighted by atomic mass is 32.2. The van der Waals surface area contributed by atoms with Gasteiger partial charge in [0.15, 0.2) is 0 Å². The molecule has 156 valence electrons. The maximum absolute atomic E-state index is 9.48. The van der Waals surface area contributed by atoms with E-state index in [-0.39, 0.29) is 6.10 Å². The Kier molecular flexibility index (Phi) is 7.67. The normalized spacial score (nSPS) is 15.7. The second kappa shape index (κ2) is 10.4. The van der Waals surface area contributed by atoms with Gasteiger partial charge in [0.1, 0.15) is 16.9 Å². The molecule has 3 rings (SSSR count). The Morgan fingerprint density at radius 3 is 2.90 bits per heavy atom. The van der Waals surface area contributed by atoms with Crippen molar-refractivity contribution < 1.29 is 4.74 Å². The fraction of sp³-hybridized carbons (Fsp3) is 0.375. The topological polar surface area (TPSA) is 69.8 Å². The number of fused-ring (bicyclic) bond motifs is 1. The van der Waals surface area contributed by atoms with Crippen molar-refractivity contribution in [3.63, 3.8) is 0 Å². The van der Waals surface area contributed by atoms with Crippen molar-refractivity contribution in [1.82, 2.24) is 5.32 Å². The van der Waals surface area contributed by atoms with E-state index in [2.05, 4.69) is 53.4 Å². The summed E-state index contributed by atoms with van der Waals surface area (Å²) in [6.07, 6.45) is 2.16. The van der Waals surface area contributed by atoms with Gasteiger partial charge in [0.05, 0.1) is 11.7 Å². The number of nitrogens with zero attached hydrogens (tertiary/aromatic N) is 3. The van der Waals surface area contributed by atoms with Crippen molar-refractivity contribution in [2.75, 3.05) is 6.54 Å². The van der Waals surface area contributed by atoms with E-state index in [0.29, 0.717) is 23.1 Å². The zero-order valence-corrected chi connectivity index (χ0v) is 18.6. The van der Waals surface area contributed by atoms with Crippen molar-refractivity contribution in [2.45, 2.75) is 51.5 Å². The molecule has 1 aliphatic rings. The number of thioether (sulfide) groups is 1. The van der Waals surface area contributed by atoms with Crippen LogP contribution in [-0.2, 0) is 12.2 Å². The first-order valence-electron chi connectivity index (χ1n) is 10.3. The van der Waals surface area contributed by atoms with Crippen LogP contribution in [0.15, 0.2) is 46.6 Å². The quantitative estimate of drug-likeness (QED) is 0.360. The third-order valence-corrected chi connectivity index (χ3v) is 6.07. The number of nitriles is 1. The lowest BCUT2D eigenvalue weighted by atomic mass is 10.0. The lowest BCUT2D eigenvalue weighted by Crippen LogP contribution is -2.18. The van der Waals surface area contributed by atoms with Crippen LogP contribution in [0.3, 0.4) is 0 Å². The third-order valence-electron chi connectivity index (χ3n) is 5.02. The van der Waals surface area contributed by atoms with Crippen LogP contribution in [-0.4, -0.2) is 24.4 Å². The molecule has 0 saturated carbocycles. The zero-order valence-electron chi connectivity index (χ0n) is 17.8. The fourth-order valence-electron chi connectivity index (χ4n) is 3.80. The molecular formula is C24H28N4OS. The van der Waals surface area contributed by atoms with Gasteiger partial charge in [-0.25, -0.2) is 0 Å². The molecule has 0 aromatic heterocycles. The van der Waals surface area contributed by atoms with Crippen LogP contribution in [0, 0.1) is 11.3 Å². The highest BCUT2D eigenvalue weighted by Crippen LogP contribution is 2.35. The van der Waals surface area contributed by atoms with Gasteiger partial charge >= 0.3 is 0 Å². The lowest BCUT2D eigenvalue weighted by Gasteiger charge is -2.15. The fourth-order valence-corrected chi connectivity index (χ4v) is 4.75. The van der Waals surface area contributed by atoms with Crippen LogP contribution in [0.1, 0.15) is 61.1 Å². The summed E-state index contributed by atoms with van der Waals surface area (Å²) in [5, 5.41) is 22.1. The van der Waals surface area contributed by atoms with E-state index in [4.69, 9.17) is 4.74 Å². The Bertz CT molecular complexity index is 978. The molecule has 5 nitrogen and oxygen atoms in total. The minimum Gasteiger partial charge on any atom is -0.490 e. The van der Waals surface area contributed by atoms with Gasteiger partial charge < -0.3 is 10.1 Å². The highest BCUT2D eigenvalue weighted by molar-refractivity contribution is 8.13. The van der Waals surface area contributed by atoms with Gasteiger partial charge in [-0.1, -0.05) is 43.0 Å². The number of nitrogens with one attached hydrogen (secondary N) is 1. The summed E-state index contributed by atoms with van der Waals surface area (Å²) in [7, 11) is 0. The number of hydrogen-bond acceptors (Lipinski definition) is 6. The molecule has 1 aliphatic carbocycles. The molecule has 0 spiro atoms. The van der Waals surface area contributed by atoms with Crippen LogP contribution in [0.5, 0.6) is 5.75 Å². The summed E-state index contributed by atoms with van der Waals surface area (Å²) in [5.41, 5.74) is 5.43. The Morgan fingerprint density at radius 2 is 2.20 bits per heavy atom. The number of hydrogen-bond donors (Lipinski definition) is 1. The average Bonchev–Trinajstić information content (AvgIpc) is 3.15. The second-order valence-corrected chi connectivity index (χ2v) is 8.43. The molecule has 0 bridgehead atoms. The van der Waals surface area contributed by atoms with Crippen molar-refractivity contribution in [2.24, 2.45) is 10.2 Å². The van der Waals surface area contributed by atoms with Gasteiger partial charge in [0, 0.05) is 24.1 Å². The summed E-state index contributed by atoms with van der Waals surface area (Å²) in [4.78, 5) is 0. The molecule has 1 N–H and O–H groups in total. The molecule has 0 radical (unpaired) electrons. The molecule has 30 heavy (non-hydrogen) atoms. The van der Waals surface area contributed by atoms with E-state index in [0.717, 1.165) is 35.6 Å². The largest absolute Gasteiger partial charge is 0.490 e. The van der Waals surface area contributed by atoms with Crippen LogP contribution >= 0.6 is 11.8 Å². The Balaban J connectivity index is 1.81. The molecule has 1 atom stereocenters. The summed E-state index contributed by atoms with van der Waals surface area (Å²) in [6, 6.07) is 14.8. The van der Waals surface area contributed by atoms with Gasteiger partial charge in [0.2, 0.25) is 0 Å². The predicted octanol–water partition coefficient (Wildman–Crippen LogP) is 5.24. The highest BCUT2D eigenvalue weighted by Gasteiger charge is 2.25. The molecule has 0 aliphatic heterocycles. The summed E-state index contributed by atoms with van der Waals surface area (Å²) >= 11 is 1.62. The molecular weight excluding hydrogens is 392 g/mol. The van der Waals surface area contributed by atoms with Crippen molar-refractivity contribution >= 4 is 23.5 Å². The third kappa shape index (κ3) is 5.10. The molecule has 0 heterocycles. The summed E-state index contributed by atoms with van der Waals surface area (Å²) < 4.78 is 5.72. The van der Waals surface area contributed by atoms with E-state index < -0.39 is 0 Å². The molecule has 2 aromatic carbocycles. The molecule has 2 aromatic rings. The number of rotatable bonds is 8. The smallest absolute Gasteiger partial charge is 0.137 e. The Morgan fingerprint density at radius 1 is 1.37 bits per heavy atom. The van der Waals surface area contributed by atoms with Gasteiger partial charge in [-0.05, 0) is 62.1 Å². The number of benzene rings is 2. The molecule has 0 amide bonds. The molecule has 6 heteroatoms. The van der Waals surface area contributed by atoms with Gasteiger partial charge in [-0.3, -0.25) is 0 Å². The molecule has 0 saturated heterocycles. The minimum absolute atomic E-state index is 0.0286. The predicted molar refractivity (Wildman–Crippen MR) is 125 cm³/mol. The van der Waals surface area contributed by atoms with E-state index in [1.54, 1.807) is 11.8 Å². The SMILES string of the molecule is C=N/N=C(\SCc1ccc(OC(C)C)c(C#N)c1)c1cccc2c1CCC2NCC. The lowest BCUT2D eigenvalue weighted by molar-refractivity contribution is 0.241. The molecule has 0 fully saturated rings. The minimum atomic E-state index is 0.0286. The van der Waals surface area contributed by atoms with Crippen LogP contribution in [0.4, 0.5) is 0 Å². The first kappa shape index (κ1) is 22.1. The van der Waals surface area contributed by atoms with Crippen LogP contribution < -0.4 is 10.1 Å². The van der Waals surface area contributed by atoms with Gasteiger partial charge in [0.25, 0.3) is 0 Å². The molecule has 1 unspecified atom stereocenters. The second-order valence-electron chi connectivity index (χ2n) is 7.47. The van der Waals surface area contributed by atoms with E-state index in [1.165, 1.54) is 11.1 Å². The Hall–Kier alpha value is -2.62. The number of ether oxygens (including phenoxy) is 1.